The van der Waals surface area contributed by atoms with E-state index in [0.717, 1.165) is 0 Å². The zero-order valence-corrected chi connectivity index (χ0v) is 21.6. The number of nitrogens with two attached hydrogens (primary N) is 1. The molecule has 0 aromatic heterocycles. The summed E-state index contributed by atoms with van der Waals surface area (Å²) in [7, 11) is 0.241. The maximum atomic E-state index is 2.27. The van der Waals surface area contributed by atoms with E-state index < -0.39 is 0 Å². The van der Waals surface area contributed by atoms with Crippen LogP contribution in [-0.4, -0.2) is 17.6 Å². The summed E-state index contributed by atoms with van der Waals surface area (Å²) in [6.45, 7) is 24.6. The molecule has 0 heterocycles. The topological polar surface area (TPSA) is 33.5 Å². The Balaban J connectivity index is -0.0000000467. The molecule has 1 rings (SSSR count). The van der Waals surface area contributed by atoms with E-state index in [2.05, 4.69) is 73.9 Å². The first-order valence-electron chi connectivity index (χ1n) is 6.75. The van der Waals surface area contributed by atoms with Crippen LogP contribution in [0.4, 0.5) is 0 Å². The second-order valence-electron chi connectivity index (χ2n) is 6.12. The molecule has 6 heteroatoms. The molecule has 0 spiro atoms. The van der Waals surface area contributed by atoms with Crippen molar-refractivity contribution in [2.75, 3.05) is 0 Å². The van der Waals surface area contributed by atoms with Crippen LogP contribution in [0.3, 0.4) is 0 Å². The largest absolute Gasteiger partial charge is 2.00 e. The van der Waals surface area contributed by atoms with Gasteiger partial charge in [0.25, 0.3) is 0 Å². The molecule has 1 aromatic carbocycles. The normalized spacial score (nSPS) is 8.05. The summed E-state index contributed by atoms with van der Waals surface area (Å²) in [4.78, 5) is 0. The molecular formula is C16H37Cl2NSi2Ti. The van der Waals surface area contributed by atoms with Crippen LogP contribution in [0.15, 0.2) is 0 Å². The van der Waals surface area contributed by atoms with Crippen molar-refractivity contribution in [2.24, 2.45) is 0 Å². The molecule has 132 valence electrons. The summed E-state index contributed by atoms with van der Waals surface area (Å²) in [6, 6.07) is 0. The van der Waals surface area contributed by atoms with Crippen LogP contribution in [0, 0.1) is 34.6 Å². The molecule has 0 saturated heterocycles. The first-order valence-corrected chi connectivity index (χ1v) is 12.8. The first-order chi connectivity index (χ1) is 8.02. The summed E-state index contributed by atoms with van der Waals surface area (Å²) < 4.78 is 0. The third-order valence-electron chi connectivity index (χ3n) is 2.81. The Kier molecular flexibility index (Phi) is 35.2. The van der Waals surface area contributed by atoms with Crippen LogP contribution in [-0.2, 0) is 21.7 Å². The van der Waals surface area contributed by atoms with E-state index in [9.17, 15) is 0 Å². The predicted molar refractivity (Wildman–Crippen MR) is 112 cm³/mol. The summed E-state index contributed by atoms with van der Waals surface area (Å²) in [5.41, 5.74) is 7.34. The van der Waals surface area contributed by atoms with Crippen molar-refractivity contribution in [2.45, 2.75) is 73.9 Å². The zero-order valence-electron chi connectivity index (χ0n) is 16.4. The van der Waals surface area contributed by atoms with Crippen molar-refractivity contribution >= 4 is 42.4 Å². The molecule has 0 unspecified atom stereocenters. The van der Waals surface area contributed by atoms with Crippen molar-refractivity contribution in [3.63, 3.8) is 0 Å². The van der Waals surface area contributed by atoms with Crippen LogP contribution in [0.1, 0.15) is 27.8 Å². The van der Waals surface area contributed by atoms with Gasteiger partial charge in [0, 0.05) is 17.6 Å². The number of hydrogen-bond acceptors (Lipinski definition) is 0. The second kappa shape index (κ2) is 20.1. The average molecular weight is 418 g/mol. The van der Waals surface area contributed by atoms with Gasteiger partial charge in [-0.2, -0.15) is 27.8 Å². The molecular weight excluding hydrogens is 381 g/mol. The summed E-state index contributed by atoms with van der Waals surface area (Å²) in [6.07, 6.45) is 0. The zero-order chi connectivity index (χ0) is 15.0. The van der Waals surface area contributed by atoms with Gasteiger partial charge in [-0.05, 0) is 0 Å². The summed E-state index contributed by atoms with van der Waals surface area (Å²) >= 11 is 0. The third-order valence-corrected chi connectivity index (χ3v) is 2.81. The molecule has 0 aliphatic heterocycles. The average Bonchev–Trinajstić information content (AvgIpc) is 2.35. The van der Waals surface area contributed by atoms with E-state index in [0.29, 0.717) is 0 Å². The van der Waals surface area contributed by atoms with Crippen molar-refractivity contribution in [1.82, 2.24) is 0 Å². The van der Waals surface area contributed by atoms with Crippen molar-refractivity contribution in [3.8, 4) is 0 Å². The number of halogens is 2. The molecule has 2 N–H and O–H groups in total. The monoisotopic (exact) mass is 417 g/mol. The fourth-order valence-electron chi connectivity index (χ4n) is 1.41. The van der Waals surface area contributed by atoms with Crippen LogP contribution >= 0.6 is 24.8 Å². The summed E-state index contributed by atoms with van der Waals surface area (Å²) in [5, 5.41) is 0. The maximum absolute atomic E-state index is 2.27. The van der Waals surface area contributed by atoms with Gasteiger partial charge in [-0.25, -0.2) is 0 Å². The Bertz CT molecular complexity index is 263. The molecule has 0 atom stereocenters. The molecule has 0 aliphatic rings. The van der Waals surface area contributed by atoms with Gasteiger partial charge in [0.15, 0.2) is 0 Å². The fraction of sp³-hybridized carbons (Fsp3) is 0.688. The van der Waals surface area contributed by atoms with Gasteiger partial charge in [-0.1, -0.05) is 73.9 Å². The van der Waals surface area contributed by atoms with E-state index in [4.69, 9.17) is 0 Å². The molecule has 1 aromatic rings. The standard InChI is InChI=1S/C10H15.2C3H9Si.2ClH.H2N.Ti/c1-6-7(2)9(4)10(5)8(6)3;2*1-4(2)3;;;;/h1-5H3;2*1-3H3;2*1H;1H2;/q-1;;;;;-1;+2. The fourth-order valence-corrected chi connectivity index (χ4v) is 1.41. The van der Waals surface area contributed by atoms with Crippen LogP contribution < -0.4 is 0 Å². The molecule has 2 radical (unpaired) electrons. The van der Waals surface area contributed by atoms with Gasteiger partial charge in [-0.15, -0.1) is 24.8 Å². The van der Waals surface area contributed by atoms with E-state index in [1.165, 1.54) is 27.8 Å². The Hall–Kier alpha value is 1.04. The van der Waals surface area contributed by atoms with Crippen LogP contribution in [0.25, 0.3) is 6.15 Å². The molecule has 1 nitrogen and oxygen atoms in total. The predicted octanol–water partition coefficient (Wildman–Crippen LogP) is 7.25. The Labute approximate surface area is 171 Å². The molecule has 22 heavy (non-hydrogen) atoms. The van der Waals surface area contributed by atoms with Crippen molar-refractivity contribution in [1.29, 1.82) is 0 Å². The Morgan fingerprint density at radius 1 is 0.636 bits per heavy atom. The van der Waals surface area contributed by atoms with Gasteiger partial charge in [-0.3, -0.25) is 0 Å². The summed E-state index contributed by atoms with van der Waals surface area (Å²) in [5.74, 6) is 0. The van der Waals surface area contributed by atoms with Gasteiger partial charge in [0.05, 0.1) is 0 Å². The maximum Gasteiger partial charge on any atom is 2.00 e. The smallest absolute Gasteiger partial charge is 0.693 e. The first kappa shape index (κ1) is 38.5. The van der Waals surface area contributed by atoms with Gasteiger partial charge in [0.1, 0.15) is 0 Å². The quantitative estimate of drug-likeness (QED) is 0.314. The van der Waals surface area contributed by atoms with Gasteiger partial charge >= 0.3 is 21.7 Å². The third kappa shape index (κ3) is 19.1. The van der Waals surface area contributed by atoms with Crippen LogP contribution in [0.5, 0.6) is 0 Å². The Morgan fingerprint density at radius 3 is 0.818 bits per heavy atom. The number of rotatable bonds is 0. The SMILES string of the molecule is C[Si](C)C.C[Si](C)C.Cc1c(C)c(C)[c-](C)c1C.Cl.Cl.[NH2-].[Ti+2]. The number of hydrogen-bond donors (Lipinski definition) is 0. The van der Waals surface area contributed by atoms with Crippen molar-refractivity contribution < 1.29 is 21.7 Å². The van der Waals surface area contributed by atoms with Gasteiger partial charge < -0.3 is 6.15 Å². The van der Waals surface area contributed by atoms with Crippen LogP contribution in [0.2, 0.25) is 39.3 Å². The molecule has 0 bridgehead atoms. The molecule has 0 saturated carbocycles. The minimum Gasteiger partial charge on any atom is -0.693 e. The van der Waals surface area contributed by atoms with E-state index in [-0.39, 0.29) is 70.3 Å². The Morgan fingerprint density at radius 2 is 0.773 bits per heavy atom. The second-order valence-corrected chi connectivity index (χ2v) is 12.1. The minimum atomic E-state index is 0. The molecule has 0 amide bonds. The minimum absolute atomic E-state index is 0. The van der Waals surface area contributed by atoms with E-state index in [1.54, 1.807) is 0 Å². The molecule has 0 fully saturated rings. The van der Waals surface area contributed by atoms with Crippen molar-refractivity contribution in [3.05, 3.63) is 34.0 Å². The van der Waals surface area contributed by atoms with Gasteiger partial charge in [0.2, 0.25) is 0 Å². The van der Waals surface area contributed by atoms with E-state index >= 15 is 0 Å². The van der Waals surface area contributed by atoms with E-state index in [1.807, 2.05) is 0 Å². The molecule has 0 aliphatic carbocycles.